The van der Waals surface area contributed by atoms with Crippen molar-refractivity contribution in [2.24, 2.45) is 28.2 Å². The molecule has 3 aliphatic carbocycles. The average Bonchev–Trinajstić information content (AvgIpc) is 2.94. The number of guanidine groups is 1. The number of pyridine rings is 1. The van der Waals surface area contributed by atoms with E-state index in [4.69, 9.17) is 4.99 Å². The third-order valence-electron chi connectivity index (χ3n) is 10.1. The second-order valence-corrected chi connectivity index (χ2v) is 13.0. The zero-order valence-electron chi connectivity index (χ0n) is 24.5. The number of aryl methyl sites for hydroxylation is 2. The molecule has 3 aromatic rings. The van der Waals surface area contributed by atoms with E-state index in [9.17, 15) is 13.6 Å². The van der Waals surface area contributed by atoms with Gasteiger partial charge in [-0.2, -0.15) is 0 Å². The number of anilines is 1. The second-order valence-electron chi connectivity index (χ2n) is 13.0. The van der Waals surface area contributed by atoms with E-state index in [1.54, 1.807) is 10.8 Å². The smallest absolute Gasteiger partial charge is 0.258 e. The molecule has 0 unspecified atom stereocenters. The van der Waals surface area contributed by atoms with Gasteiger partial charge in [-0.1, -0.05) is 26.8 Å². The minimum absolute atomic E-state index is 0.126. The third kappa shape index (κ3) is 5.39. The number of halogens is 2. The lowest BCUT2D eigenvalue weighted by Gasteiger charge is -2.61. The Bertz CT molecular complexity index is 1530. The monoisotopic (exact) mass is 561 g/mol. The van der Waals surface area contributed by atoms with Gasteiger partial charge >= 0.3 is 0 Å². The van der Waals surface area contributed by atoms with Gasteiger partial charge in [0.15, 0.2) is 5.96 Å². The standard InChI is InChI=1S/C33H41F2N5O/c1-20-19-40(14-11-36-20)32(38-30-17-24-16-28(21(30)2)33(24,3)4)37-26-7-8-27-23(15-26)10-13-39(31(27)41)12-9-22-5-6-25(34)18-29(22)35/h5-8,10,13,15,18,20-21,24,28,30,36H,9,11-12,14,16-17,19H2,1-4H3,(H,37,38)/t20-,21-,24+,28-,30-/m0/s1. The molecular weight excluding hydrogens is 520 g/mol. The summed E-state index contributed by atoms with van der Waals surface area (Å²) in [7, 11) is 0. The maximum absolute atomic E-state index is 14.1. The highest BCUT2D eigenvalue weighted by Crippen LogP contribution is 2.61. The van der Waals surface area contributed by atoms with E-state index >= 15 is 0 Å². The SMILES string of the molecule is C[C@@H]1[C@@H](N=C(Nc2ccc3c(=O)n(CCc4ccc(F)cc4F)ccc3c2)N2CCN[C@@H](C)C2)C[C@H]2C[C@@H]1C2(C)C. The van der Waals surface area contributed by atoms with Gasteiger partial charge in [-0.25, -0.2) is 13.8 Å². The molecule has 2 aromatic carbocycles. The van der Waals surface area contributed by atoms with Crippen LogP contribution in [0.15, 0.2) is 58.4 Å². The van der Waals surface area contributed by atoms with Gasteiger partial charge in [0.2, 0.25) is 0 Å². The minimum Gasteiger partial charge on any atom is -0.340 e. The normalized spacial score (nSPS) is 27.5. The molecule has 1 aliphatic heterocycles. The molecule has 1 aromatic heterocycles. The highest BCUT2D eigenvalue weighted by atomic mass is 19.1. The molecule has 4 aliphatic rings. The van der Waals surface area contributed by atoms with Crippen LogP contribution in [0.4, 0.5) is 14.5 Å². The lowest BCUT2D eigenvalue weighted by molar-refractivity contribution is -0.108. The van der Waals surface area contributed by atoms with Crippen LogP contribution in [0.25, 0.3) is 10.8 Å². The summed E-state index contributed by atoms with van der Waals surface area (Å²) in [6, 6.07) is 12.0. The van der Waals surface area contributed by atoms with Crippen molar-refractivity contribution in [3.63, 3.8) is 0 Å². The highest BCUT2D eigenvalue weighted by Gasteiger charge is 2.56. The van der Waals surface area contributed by atoms with E-state index in [1.807, 2.05) is 24.3 Å². The zero-order chi connectivity index (χ0) is 28.9. The summed E-state index contributed by atoms with van der Waals surface area (Å²) in [5.74, 6) is 1.74. The fraction of sp³-hybridized carbons (Fsp3) is 0.515. The molecule has 8 heteroatoms. The van der Waals surface area contributed by atoms with Crippen molar-refractivity contribution in [2.45, 2.75) is 65.6 Å². The van der Waals surface area contributed by atoms with Gasteiger partial charge in [0.25, 0.3) is 5.56 Å². The van der Waals surface area contributed by atoms with Crippen LogP contribution in [-0.4, -0.2) is 47.1 Å². The summed E-state index contributed by atoms with van der Waals surface area (Å²) in [6.45, 7) is 12.4. The van der Waals surface area contributed by atoms with Crippen LogP contribution in [0.5, 0.6) is 0 Å². The van der Waals surface area contributed by atoms with Gasteiger partial charge in [-0.3, -0.25) is 4.79 Å². The molecule has 0 amide bonds. The fourth-order valence-electron chi connectivity index (χ4n) is 7.40. The second kappa shape index (κ2) is 10.9. The van der Waals surface area contributed by atoms with Crippen molar-refractivity contribution < 1.29 is 8.78 Å². The lowest BCUT2D eigenvalue weighted by atomic mass is 9.45. The van der Waals surface area contributed by atoms with Gasteiger partial charge in [-0.05, 0) is 90.6 Å². The Morgan fingerprint density at radius 2 is 1.95 bits per heavy atom. The van der Waals surface area contributed by atoms with Crippen LogP contribution >= 0.6 is 0 Å². The molecule has 0 radical (unpaired) electrons. The Labute approximate surface area is 240 Å². The Kier molecular flexibility index (Phi) is 7.39. The predicted molar refractivity (Wildman–Crippen MR) is 161 cm³/mol. The molecule has 2 N–H and O–H groups in total. The number of piperazine rings is 1. The fourth-order valence-corrected chi connectivity index (χ4v) is 7.40. The molecular formula is C33H41F2N5O. The molecule has 4 fully saturated rings. The Morgan fingerprint density at radius 1 is 1.12 bits per heavy atom. The number of fused-ring (bicyclic) bond motifs is 3. The van der Waals surface area contributed by atoms with Crippen LogP contribution in [0.3, 0.4) is 0 Å². The lowest BCUT2D eigenvalue weighted by Crippen LogP contribution is -2.57. The summed E-state index contributed by atoms with van der Waals surface area (Å²) in [5, 5.41) is 8.61. The number of rotatable bonds is 5. The first kappa shape index (κ1) is 27.9. The van der Waals surface area contributed by atoms with Gasteiger partial charge in [0, 0.05) is 55.6 Å². The maximum atomic E-state index is 14.1. The third-order valence-corrected chi connectivity index (χ3v) is 10.1. The van der Waals surface area contributed by atoms with Gasteiger partial charge in [-0.15, -0.1) is 0 Å². The minimum atomic E-state index is -0.605. The van der Waals surface area contributed by atoms with Crippen molar-refractivity contribution in [1.82, 2.24) is 14.8 Å². The van der Waals surface area contributed by atoms with Crippen LogP contribution < -0.4 is 16.2 Å². The van der Waals surface area contributed by atoms with Crippen LogP contribution in [0.1, 0.15) is 46.1 Å². The quantitative estimate of drug-likeness (QED) is 0.312. The Hall–Kier alpha value is -3.26. The Balaban J connectivity index is 1.23. The summed E-state index contributed by atoms with van der Waals surface area (Å²) >= 11 is 0. The van der Waals surface area contributed by atoms with Crippen molar-refractivity contribution >= 4 is 22.4 Å². The Morgan fingerprint density at radius 3 is 2.68 bits per heavy atom. The van der Waals surface area contributed by atoms with E-state index in [0.717, 1.165) is 61.0 Å². The molecule has 0 spiro atoms. The van der Waals surface area contributed by atoms with Gasteiger partial charge in [0.05, 0.1) is 6.04 Å². The van der Waals surface area contributed by atoms with Crippen LogP contribution in [0, 0.1) is 34.8 Å². The highest BCUT2D eigenvalue weighted by molar-refractivity contribution is 5.96. The van der Waals surface area contributed by atoms with Crippen LogP contribution in [0.2, 0.25) is 0 Å². The average molecular weight is 562 g/mol. The van der Waals surface area contributed by atoms with E-state index < -0.39 is 11.6 Å². The number of nitrogens with zero attached hydrogens (tertiary/aromatic N) is 3. The molecule has 218 valence electrons. The summed E-state index contributed by atoms with van der Waals surface area (Å²) < 4.78 is 28.9. The van der Waals surface area contributed by atoms with Crippen molar-refractivity contribution in [1.29, 1.82) is 0 Å². The van der Waals surface area contributed by atoms with E-state index in [-0.39, 0.29) is 5.56 Å². The molecule has 2 heterocycles. The molecule has 1 saturated heterocycles. The summed E-state index contributed by atoms with van der Waals surface area (Å²) in [4.78, 5) is 21.0. The molecule has 41 heavy (non-hydrogen) atoms. The summed E-state index contributed by atoms with van der Waals surface area (Å²) in [5.41, 5.74) is 1.59. The number of benzene rings is 2. The van der Waals surface area contributed by atoms with E-state index in [1.165, 1.54) is 18.6 Å². The molecule has 7 rings (SSSR count). The van der Waals surface area contributed by atoms with Gasteiger partial charge < -0.3 is 20.1 Å². The topological polar surface area (TPSA) is 61.7 Å². The predicted octanol–water partition coefficient (Wildman–Crippen LogP) is 5.65. The number of aromatic nitrogens is 1. The first-order chi connectivity index (χ1) is 19.6. The maximum Gasteiger partial charge on any atom is 0.258 e. The van der Waals surface area contributed by atoms with Gasteiger partial charge in [0.1, 0.15) is 11.6 Å². The number of hydrogen-bond acceptors (Lipinski definition) is 3. The summed E-state index contributed by atoms with van der Waals surface area (Å²) in [6.07, 6.45) is 4.52. The van der Waals surface area contributed by atoms with E-state index in [2.05, 4.69) is 43.2 Å². The van der Waals surface area contributed by atoms with Crippen LogP contribution in [-0.2, 0) is 13.0 Å². The number of nitrogens with one attached hydrogen (secondary N) is 2. The van der Waals surface area contributed by atoms with E-state index in [0.29, 0.717) is 47.3 Å². The first-order valence-corrected chi connectivity index (χ1v) is 15.0. The van der Waals surface area contributed by atoms with Crippen molar-refractivity contribution in [3.8, 4) is 0 Å². The number of aliphatic imine (C=N–C) groups is 1. The first-order valence-electron chi connectivity index (χ1n) is 15.0. The van der Waals surface area contributed by atoms with Crippen molar-refractivity contribution in [3.05, 3.63) is 76.2 Å². The van der Waals surface area contributed by atoms with Crippen molar-refractivity contribution in [2.75, 3.05) is 25.0 Å². The molecule has 3 saturated carbocycles. The molecule has 6 nitrogen and oxygen atoms in total. The molecule has 2 bridgehead atoms. The molecule has 5 atom stereocenters. The zero-order valence-corrected chi connectivity index (χ0v) is 24.5. The largest absolute Gasteiger partial charge is 0.340 e. The number of hydrogen-bond donors (Lipinski definition) is 2.